The molecule has 0 fully saturated rings. The summed E-state index contributed by atoms with van der Waals surface area (Å²) in [6, 6.07) is 11.6. The Morgan fingerprint density at radius 2 is 1.90 bits per heavy atom. The van der Waals surface area contributed by atoms with Crippen molar-refractivity contribution in [2.75, 3.05) is 7.11 Å². The predicted octanol–water partition coefficient (Wildman–Crippen LogP) is 3.94. The van der Waals surface area contributed by atoms with Crippen molar-refractivity contribution < 1.29 is 14.4 Å². The fourth-order valence-electron chi connectivity index (χ4n) is 1.69. The summed E-state index contributed by atoms with van der Waals surface area (Å²) >= 11 is 3.39. The minimum Gasteiger partial charge on any atom is -0.496 e. The van der Waals surface area contributed by atoms with E-state index in [9.17, 15) is 10.1 Å². The lowest BCUT2D eigenvalue weighted by atomic mass is 10.2. The first-order valence-electron chi connectivity index (χ1n) is 5.80. The second-order valence-electron chi connectivity index (χ2n) is 4.00. The van der Waals surface area contributed by atoms with E-state index in [0.717, 1.165) is 15.8 Å². The van der Waals surface area contributed by atoms with E-state index in [2.05, 4.69) is 15.9 Å². The van der Waals surface area contributed by atoms with Crippen molar-refractivity contribution >= 4 is 21.6 Å². The van der Waals surface area contributed by atoms with E-state index in [-0.39, 0.29) is 5.69 Å². The van der Waals surface area contributed by atoms with Gasteiger partial charge in [0.05, 0.1) is 12.0 Å². The number of benzene rings is 2. The van der Waals surface area contributed by atoms with Gasteiger partial charge < -0.3 is 9.47 Å². The van der Waals surface area contributed by atoms with Crippen LogP contribution in [-0.2, 0) is 6.61 Å². The predicted molar refractivity (Wildman–Crippen MR) is 78.1 cm³/mol. The van der Waals surface area contributed by atoms with E-state index in [4.69, 9.17) is 9.47 Å². The van der Waals surface area contributed by atoms with Gasteiger partial charge in [0.2, 0.25) is 0 Å². The monoisotopic (exact) mass is 337 g/mol. The van der Waals surface area contributed by atoms with Gasteiger partial charge in [0.1, 0.15) is 18.1 Å². The molecule has 6 heteroatoms. The lowest BCUT2D eigenvalue weighted by Gasteiger charge is -2.10. The molecule has 0 saturated heterocycles. The summed E-state index contributed by atoms with van der Waals surface area (Å²) < 4.78 is 11.8. The van der Waals surface area contributed by atoms with E-state index in [0.29, 0.717) is 12.4 Å². The third-order valence-electron chi connectivity index (χ3n) is 2.68. The van der Waals surface area contributed by atoms with Crippen LogP contribution in [0.3, 0.4) is 0 Å². The Morgan fingerprint density at radius 3 is 2.50 bits per heavy atom. The molecule has 20 heavy (non-hydrogen) atoms. The summed E-state index contributed by atoms with van der Waals surface area (Å²) in [4.78, 5) is 10.1. The van der Waals surface area contributed by atoms with Crippen LogP contribution in [0, 0.1) is 10.1 Å². The van der Waals surface area contributed by atoms with Crippen LogP contribution < -0.4 is 9.47 Å². The molecule has 2 aromatic rings. The summed E-state index contributed by atoms with van der Waals surface area (Å²) in [5, 5.41) is 10.6. The maximum Gasteiger partial charge on any atom is 0.269 e. The zero-order chi connectivity index (χ0) is 14.5. The molecule has 5 nitrogen and oxygen atoms in total. The number of halogens is 1. The van der Waals surface area contributed by atoms with Crippen LogP contribution in [-0.4, -0.2) is 12.0 Å². The topological polar surface area (TPSA) is 61.6 Å². The first kappa shape index (κ1) is 14.3. The number of methoxy groups -OCH3 is 1. The molecule has 0 bridgehead atoms. The van der Waals surface area contributed by atoms with Crippen molar-refractivity contribution in [1.82, 2.24) is 0 Å². The summed E-state index contributed by atoms with van der Waals surface area (Å²) in [6.45, 7) is 0.320. The van der Waals surface area contributed by atoms with E-state index in [1.165, 1.54) is 12.1 Å². The number of nitrogens with zero attached hydrogens (tertiary/aromatic N) is 1. The van der Waals surface area contributed by atoms with E-state index in [1.807, 2.05) is 18.2 Å². The molecule has 0 aliphatic rings. The molecule has 2 rings (SSSR count). The third kappa shape index (κ3) is 3.48. The third-order valence-corrected chi connectivity index (χ3v) is 3.18. The summed E-state index contributed by atoms with van der Waals surface area (Å²) in [5.74, 6) is 1.30. The Balaban J connectivity index is 2.08. The maximum atomic E-state index is 10.6. The van der Waals surface area contributed by atoms with Crippen LogP contribution in [0.2, 0.25) is 0 Å². The number of ether oxygens (including phenoxy) is 2. The summed E-state index contributed by atoms with van der Waals surface area (Å²) in [7, 11) is 1.60. The smallest absolute Gasteiger partial charge is 0.269 e. The molecule has 0 spiro atoms. The standard InChI is InChI=1S/C14H12BrNO4/c1-19-14-7-2-11(15)8-10(14)9-20-13-5-3-12(4-6-13)16(17)18/h2-8H,9H2,1H3. The molecule has 0 unspecified atom stereocenters. The van der Waals surface area contributed by atoms with Crippen LogP contribution >= 0.6 is 15.9 Å². The lowest BCUT2D eigenvalue weighted by molar-refractivity contribution is -0.384. The number of nitro groups is 1. The van der Waals surface area contributed by atoms with Crippen LogP contribution in [0.15, 0.2) is 46.9 Å². The highest BCUT2D eigenvalue weighted by atomic mass is 79.9. The first-order valence-corrected chi connectivity index (χ1v) is 6.59. The van der Waals surface area contributed by atoms with Gasteiger partial charge in [-0.25, -0.2) is 0 Å². The maximum absolute atomic E-state index is 10.6. The molecule has 0 aliphatic heterocycles. The van der Waals surface area contributed by atoms with Crippen LogP contribution in [0.1, 0.15) is 5.56 Å². The molecular formula is C14H12BrNO4. The Morgan fingerprint density at radius 1 is 1.20 bits per heavy atom. The van der Waals surface area contributed by atoms with Crippen LogP contribution in [0.25, 0.3) is 0 Å². The van der Waals surface area contributed by atoms with Crippen molar-refractivity contribution in [3.05, 3.63) is 62.6 Å². The van der Waals surface area contributed by atoms with Gasteiger partial charge in [-0.2, -0.15) is 0 Å². The van der Waals surface area contributed by atoms with Gasteiger partial charge >= 0.3 is 0 Å². The van der Waals surface area contributed by atoms with Crippen molar-refractivity contribution in [1.29, 1.82) is 0 Å². The fraction of sp³-hybridized carbons (Fsp3) is 0.143. The van der Waals surface area contributed by atoms with Gasteiger partial charge in [0.25, 0.3) is 5.69 Å². The highest BCUT2D eigenvalue weighted by molar-refractivity contribution is 9.10. The second kappa shape index (κ2) is 6.38. The molecule has 0 amide bonds. The van der Waals surface area contributed by atoms with Gasteiger partial charge in [-0.1, -0.05) is 15.9 Å². The Bertz CT molecular complexity index is 613. The number of nitro benzene ring substituents is 1. The van der Waals surface area contributed by atoms with Crippen molar-refractivity contribution in [2.45, 2.75) is 6.61 Å². The van der Waals surface area contributed by atoms with Gasteiger partial charge in [-0.15, -0.1) is 0 Å². The molecule has 2 aromatic carbocycles. The van der Waals surface area contributed by atoms with Gasteiger partial charge in [-0.05, 0) is 30.3 Å². The molecule has 0 heterocycles. The molecule has 0 aliphatic carbocycles. The Kier molecular flexibility index (Phi) is 4.57. The number of non-ortho nitro benzene ring substituents is 1. The van der Waals surface area contributed by atoms with E-state index < -0.39 is 4.92 Å². The number of rotatable bonds is 5. The number of hydrogen-bond donors (Lipinski definition) is 0. The Labute approximate surface area is 124 Å². The molecule has 0 radical (unpaired) electrons. The molecule has 0 N–H and O–H groups in total. The van der Waals surface area contributed by atoms with Gasteiger partial charge in [0, 0.05) is 22.2 Å². The van der Waals surface area contributed by atoms with Crippen molar-refractivity contribution in [3.8, 4) is 11.5 Å². The van der Waals surface area contributed by atoms with Crippen LogP contribution in [0.5, 0.6) is 11.5 Å². The average molecular weight is 338 g/mol. The van der Waals surface area contributed by atoms with Crippen molar-refractivity contribution in [3.63, 3.8) is 0 Å². The second-order valence-corrected chi connectivity index (χ2v) is 4.91. The lowest BCUT2D eigenvalue weighted by Crippen LogP contribution is -1.99. The summed E-state index contributed by atoms with van der Waals surface area (Å²) in [6.07, 6.45) is 0. The molecule has 0 saturated carbocycles. The molecular weight excluding hydrogens is 326 g/mol. The zero-order valence-corrected chi connectivity index (χ0v) is 12.3. The normalized spacial score (nSPS) is 10.1. The van der Waals surface area contributed by atoms with E-state index >= 15 is 0 Å². The SMILES string of the molecule is COc1ccc(Br)cc1COc1ccc([N+](=O)[O-])cc1. The van der Waals surface area contributed by atoms with E-state index in [1.54, 1.807) is 19.2 Å². The fourth-order valence-corrected chi connectivity index (χ4v) is 2.09. The average Bonchev–Trinajstić information content (AvgIpc) is 2.45. The molecule has 0 aromatic heterocycles. The van der Waals surface area contributed by atoms with Gasteiger partial charge in [-0.3, -0.25) is 10.1 Å². The van der Waals surface area contributed by atoms with Crippen LogP contribution in [0.4, 0.5) is 5.69 Å². The molecule has 104 valence electrons. The first-order chi connectivity index (χ1) is 9.60. The zero-order valence-electron chi connectivity index (χ0n) is 10.7. The highest BCUT2D eigenvalue weighted by Gasteiger charge is 2.07. The Hall–Kier alpha value is -2.08. The van der Waals surface area contributed by atoms with Gasteiger partial charge in [0.15, 0.2) is 0 Å². The highest BCUT2D eigenvalue weighted by Crippen LogP contribution is 2.25. The summed E-state index contributed by atoms with van der Waals surface area (Å²) in [5.41, 5.74) is 0.928. The van der Waals surface area contributed by atoms with Crippen molar-refractivity contribution in [2.24, 2.45) is 0 Å². The molecule has 0 atom stereocenters. The minimum absolute atomic E-state index is 0.0392. The largest absolute Gasteiger partial charge is 0.496 e. The quantitative estimate of drug-likeness (QED) is 0.612. The number of hydrogen-bond acceptors (Lipinski definition) is 4. The minimum atomic E-state index is -0.443.